The van der Waals surface area contributed by atoms with Crippen molar-refractivity contribution in [3.63, 3.8) is 0 Å². The lowest BCUT2D eigenvalue weighted by Gasteiger charge is -2.34. The van der Waals surface area contributed by atoms with Gasteiger partial charge in [0.25, 0.3) is 0 Å². The van der Waals surface area contributed by atoms with E-state index < -0.39 is 0 Å². The highest BCUT2D eigenvalue weighted by Crippen LogP contribution is 2.37. The van der Waals surface area contributed by atoms with Crippen LogP contribution in [0.1, 0.15) is 55.8 Å². The summed E-state index contributed by atoms with van der Waals surface area (Å²) in [5, 5.41) is 3.51. The lowest BCUT2D eigenvalue weighted by molar-refractivity contribution is 0.239. The van der Waals surface area contributed by atoms with Crippen molar-refractivity contribution in [3.8, 4) is 0 Å². The van der Waals surface area contributed by atoms with Gasteiger partial charge in [0.05, 0.1) is 0 Å². The van der Waals surface area contributed by atoms with Crippen LogP contribution >= 0.6 is 0 Å². The molecule has 0 spiro atoms. The minimum absolute atomic E-state index is 0.569. The maximum absolute atomic E-state index is 3.51. The number of hydrogen-bond donors (Lipinski definition) is 1. The Balaban J connectivity index is 2.24. The van der Waals surface area contributed by atoms with Gasteiger partial charge in [-0.25, -0.2) is 0 Å². The van der Waals surface area contributed by atoms with Crippen LogP contribution in [0, 0.1) is 5.92 Å². The first-order chi connectivity index (χ1) is 8.30. The highest BCUT2D eigenvalue weighted by atomic mass is 14.9. The van der Waals surface area contributed by atoms with Crippen molar-refractivity contribution < 1.29 is 0 Å². The quantitative estimate of drug-likeness (QED) is 0.811. The Labute approximate surface area is 106 Å². The molecule has 0 heterocycles. The zero-order chi connectivity index (χ0) is 12.3. The van der Waals surface area contributed by atoms with E-state index in [9.17, 15) is 0 Å². The lowest BCUT2D eigenvalue weighted by Crippen LogP contribution is -2.29. The van der Waals surface area contributed by atoms with E-state index in [4.69, 9.17) is 0 Å². The molecule has 1 atom stereocenters. The Morgan fingerprint density at radius 3 is 2.35 bits per heavy atom. The molecule has 1 aliphatic rings. The van der Waals surface area contributed by atoms with Gasteiger partial charge in [0.15, 0.2) is 0 Å². The summed E-state index contributed by atoms with van der Waals surface area (Å²) in [5.41, 5.74) is 4.54. The molecule has 0 bridgehead atoms. The lowest BCUT2D eigenvalue weighted by atomic mass is 9.76. The Kier molecular flexibility index (Phi) is 4.22. The second-order valence-electron chi connectivity index (χ2n) is 5.19. The summed E-state index contributed by atoms with van der Waals surface area (Å²) in [6.45, 7) is 4.51. The first-order valence-electron chi connectivity index (χ1n) is 7.09. The largest absolute Gasteiger partial charge is 0.313 e. The average Bonchev–Trinajstić information content (AvgIpc) is 2.32. The third-order valence-corrected chi connectivity index (χ3v) is 4.28. The number of aryl methyl sites for hydroxylation is 2. The Hall–Kier alpha value is -0.820. The number of hydrogen-bond acceptors (Lipinski definition) is 1. The van der Waals surface area contributed by atoms with E-state index >= 15 is 0 Å². The molecular weight excluding hydrogens is 206 g/mol. The normalized spacial score (nSPS) is 17.8. The molecule has 94 valence electrons. The first kappa shape index (κ1) is 12.6. The summed E-state index contributed by atoms with van der Waals surface area (Å²) in [4.78, 5) is 0. The van der Waals surface area contributed by atoms with E-state index in [-0.39, 0.29) is 0 Å². The van der Waals surface area contributed by atoms with Crippen LogP contribution in [0.4, 0.5) is 0 Å². The van der Waals surface area contributed by atoms with Crippen LogP contribution in [-0.2, 0) is 12.8 Å². The molecule has 1 aromatic rings. The molecule has 1 N–H and O–H groups in total. The van der Waals surface area contributed by atoms with E-state index in [1.807, 2.05) is 0 Å². The van der Waals surface area contributed by atoms with Gasteiger partial charge in [0.2, 0.25) is 0 Å². The van der Waals surface area contributed by atoms with Crippen molar-refractivity contribution in [1.29, 1.82) is 0 Å². The molecule has 0 saturated heterocycles. The third-order valence-electron chi connectivity index (χ3n) is 4.28. The summed E-state index contributed by atoms with van der Waals surface area (Å²) >= 11 is 0. The first-order valence-corrected chi connectivity index (χ1v) is 7.09. The van der Waals surface area contributed by atoms with Crippen LogP contribution in [0.15, 0.2) is 18.2 Å². The fraction of sp³-hybridized carbons (Fsp3) is 0.625. The van der Waals surface area contributed by atoms with E-state index in [2.05, 4.69) is 44.4 Å². The monoisotopic (exact) mass is 231 g/mol. The average molecular weight is 231 g/mol. The van der Waals surface area contributed by atoms with Crippen molar-refractivity contribution in [3.05, 3.63) is 34.9 Å². The number of nitrogens with one attached hydrogen (secondary N) is 1. The van der Waals surface area contributed by atoms with Gasteiger partial charge in [0.1, 0.15) is 0 Å². The zero-order valence-corrected chi connectivity index (χ0v) is 11.4. The molecule has 1 heteroatoms. The summed E-state index contributed by atoms with van der Waals surface area (Å²) in [5.74, 6) is 0.859. The molecule has 1 aromatic carbocycles. The Bertz CT molecular complexity index is 366. The molecule has 1 fully saturated rings. The second kappa shape index (κ2) is 5.68. The minimum atomic E-state index is 0.569. The highest BCUT2D eigenvalue weighted by Gasteiger charge is 2.27. The van der Waals surface area contributed by atoms with Gasteiger partial charge in [-0.1, -0.05) is 38.5 Å². The summed E-state index contributed by atoms with van der Waals surface area (Å²) < 4.78 is 0. The van der Waals surface area contributed by atoms with Crippen molar-refractivity contribution in [2.75, 3.05) is 7.05 Å². The molecule has 0 aromatic heterocycles. The van der Waals surface area contributed by atoms with E-state index in [0.717, 1.165) is 18.8 Å². The smallest absolute Gasteiger partial charge is 0.0346 e. The molecule has 2 rings (SSSR count). The van der Waals surface area contributed by atoms with Crippen LogP contribution in [0.2, 0.25) is 0 Å². The maximum Gasteiger partial charge on any atom is 0.0346 e. The molecule has 0 radical (unpaired) electrons. The van der Waals surface area contributed by atoms with Crippen LogP contribution in [0.3, 0.4) is 0 Å². The highest BCUT2D eigenvalue weighted by molar-refractivity contribution is 5.34. The van der Waals surface area contributed by atoms with Crippen LogP contribution in [0.25, 0.3) is 0 Å². The molecule has 0 aliphatic heterocycles. The van der Waals surface area contributed by atoms with Crippen LogP contribution < -0.4 is 5.32 Å². The third kappa shape index (κ3) is 2.55. The molecule has 1 aliphatic carbocycles. The van der Waals surface area contributed by atoms with Crippen molar-refractivity contribution in [2.45, 2.75) is 52.0 Å². The van der Waals surface area contributed by atoms with Crippen LogP contribution in [0.5, 0.6) is 0 Å². The van der Waals surface area contributed by atoms with E-state index in [1.54, 1.807) is 0 Å². The standard InChI is InChI=1S/C16H25N/c1-4-12-9-10-15(11-13(12)5-2)16(17-3)14-7-6-8-14/h9-11,14,16-17H,4-8H2,1-3H3. The van der Waals surface area contributed by atoms with E-state index in [1.165, 1.54) is 36.0 Å². The minimum Gasteiger partial charge on any atom is -0.313 e. The van der Waals surface area contributed by atoms with Crippen LogP contribution in [-0.4, -0.2) is 7.05 Å². The number of benzene rings is 1. The Morgan fingerprint density at radius 2 is 1.88 bits per heavy atom. The van der Waals surface area contributed by atoms with E-state index in [0.29, 0.717) is 6.04 Å². The maximum atomic E-state index is 3.51. The molecule has 1 unspecified atom stereocenters. The van der Waals surface area contributed by atoms with Crippen molar-refractivity contribution in [1.82, 2.24) is 5.32 Å². The molecule has 0 amide bonds. The second-order valence-corrected chi connectivity index (χ2v) is 5.19. The zero-order valence-electron chi connectivity index (χ0n) is 11.4. The van der Waals surface area contributed by atoms with Crippen molar-refractivity contribution in [2.24, 2.45) is 5.92 Å². The molecule has 1 saturated carbocycles. The molecule has 1 nitrogen and oxygen atoms in total. The summed E-state index contributed by atoms with van der Waals surface area (Å²) in [6, 6.07) is 7.66. The Morgan fingerprint density at radius 1 is 1.18 bits per heavy atom. The molecular formula is C16H25N. The summed E-state index contributed by atoms with van der Waals surface area (Å²) in [6.07, 6.45) is 6.50. The predicted octanol–water partition coefficient (Wildman–Crippen LogP) is 3.87. The topological polar surface area (TPSA) is 12.0 Å². The van der Waals surface area contributed by atoms with Gasteiger partial charge < -0.3 is 5.32 Å². The molecule has 17 heavy (non-hydrogen) atoms. The summed E-state index contributed by atoms with van der Waals surface area (Å²) in [7, 11) is 2.10. The van der Waals surface area contributed by atoms with Gasteiger partial charge in [-0.3, -0.25) is 0 Å². The number of rotatable bonds is 5. The SMILES string of the molecule is CCc1ccc(C(NC)C2CCC2)cc1CC. The van der Waals surface area contributed by atoms with Gasteiger partial charge in [-0.2, -0.15) is 0 Å². The fourth-order valence-corrected chi connectivity index (χ4v) is 2.96. The van der Waals surface area contributed by atoms with Gasteiger partial charge in [-0.15, -0.1) is 0 Å². The van der Waals surface area contributed by atoms with Gasteiger partial charge in [0, 0.05) is 6.04 Å². The van der Waals surface area contributed by atoms with Gasteiger partial charge >= 0.3 is 0 Å². The van der Waals surface area contributed by atoms with Gasteiger partial charge in [-0.05, 0) is 55.3 Å². The fourth-order valence-electron chi connectivity index (χ4n) is 2.96. The predicted molar refractivity (Wildman–Crippen MR) is 74.3 cm³/mol. The van der Waals surface area contributed by atoms with Crippen molar-refractivity contribution >= 4 is 0 Å².